The SMILES string of the molecule is C[C@@H]1CCCC[C@@H]1NC(=O)CSc1nnc2ccccn12. The number of thioether (sulfide) groups is 1. The van der Waals surface area contributed by atoms with E-state index in [0.717, 1.165) is 17.2 Å². The second kappa shape index (κ2) is 6.47. The van der Waals surface area contributed by atoms with Crippen LogP contribution in [0.15, 0.2) is 29.6 Å². The van der Waals surface area contributed by atoms with Crippen molar-refractivity contribution in [2.75, 3.05) is 5.75 Å². The fourth-order valence-corrected chi connectivity index (χ4v) is 3.56. The van der Waals surface area contributed by atoms with Crippen molar-refractivity contribution in [3.8, 4) is 0 Å². The third-order valence-electron chi connectivity index (χ3n) is 4.07. The van der Waals surface area contributed by atoms with Crippen molar-refractivity contribution in [3.05, 3.63) is 24.4 Å². The van der Waals surface area contributed by atoms with E-state index in [-0.39, 0.29) is 5.91 Å². The summed E-state index contributed by atoms with van der Waals surface area (Å²) in [5, 5.41) is 12.1. The van der Waals surface area contributed by atoms with E-state index < -0.39 is 0 Å². The molecule has 0 radical (unpaired) electrons. The molecule has 0 aromatic carbocycles. The van der Waals surface area contributed by atoms with Gasteiger partial charge in [-0.15, -0.1) is 10.2 Å². The highest BCUT2D eigenvalue weighted by molar-refractivity contribution is 7.99. The van der Waals surface area contributed by atoms with Gasteiger partial charge in [-0.25, -0.2) is 0 Å². The largest absolute Gasteiger partial charge is 0.352 e. The fourth-order valence-electron chi connectivity index (χ4n) is 2.83. The minimum atomic E-state index is 0.0893. The number of rotatable bonds is 4. The van der Waals surface area contributed by atoms with Crippen molar-refractivity contribution in [3.63, 3.8) is 0 Å². The standard InChI is InChI=1S/C15H20N4OS/c1-11-6-2-3-7-12(11)16-14(20)10-21-15-18-17-13-8-4-5-9-19(13)15/h4-5,8-9,11-12H,2-3,6-7,10H2,1H3,(H,16,20)/t11-,12+/m1/s1. The second-order valence-electron chi connectivity index (χ2n) is 5.64. The summed E-state index contributed by atoms with van der Waals surface area (Å²) in [5.74, 6) is 1.06. The van der Waals surface area contributed by atoms with Gasteiger partial charge in [0.1, 0.15) is 0 Å². The first kappa shape index (κ1) is 14.4. The molecule has 2 atom stereocenters. The molecule has 0 spiro atoms. The fraction of sp³-hybridized carbons (Fsp3) is 0.533. The van der Waals surface area contributed by atoms with E-state index in [1.54, 1.807) is 0 Å². The average Bonchev–Trinajstić information content (AvgIpc) is 2.91. The highest BCUT2D eigenvalue weighted by Crippen LogP contribution is 2.24. The summed E-state index contributed by atoms with van der Waals surface area (Å²) in [5.41, 5.74) is 0.807. The minimum absolute atomic E-state index is 0.0893. The maximum absolute atomic E-state index is 12.1. The van der Waals surface area contributed by atoms with Crippen molar-refractivity contribution in [2.24, 2.45) is 5.92 Å². The van der Waals surface area contributed by atoms with Crippen LogP contribution in [-0.2, 0) is 4.79 Å². The van der Waals surface area contributed by atoms with E-state index in [1.807, 2.05) is 28.8 Å². The van der Waals surface area contributed by atoms with Gasteiger partial charge in [-0.05, 0) is 30.9 Å². The van der Waals surface area contributed by atoms with Gasteiger partial charge < -0.3 is 5.32 Å². The first-order valence-electron chi connectivity index (χ1n) is 7.46. The number of fused-ring (bicyclic) bond motifs is 1. The molecule has 2 heterocycles. The average molecular weight is 304 g/mol. The van der Waals surface area contributed by atoms with Gasteiger partial charge in [0.15, 0.2) is 10.8 Å². The maximum atomic E-state index is 12.1. The smallest absolute Gasteiger partial charge is 0.230 e. The van der Waals surface area contributed by atoms with Gasteiger partial charge in [-0.3, -0.25) is 9.20 Å². The van der Waals surface area contributed by atoms with Crippen molar-refractivity contribution in [1.82, 2.24) is 19.9 Å². The van der Waals surface area contributed by atoms with Crippen LogP contribution >= 0.6 is 11.8 Å². The van der Waals surface area contributed by atoms with Crippen LogP contribution in [0.1, 0.15) is 32.6 Å². The molecule has 1 aliphatic carbocycles. The number of hydrogen-bond acceptors (Lipinski definition) is 4. The van der Waals surface area contributed by atoms with Gasteiger partial charge in [0.2, 0.25) is 5.91 Å². The molecule has 1 N–H and O–H groups in total. The molecule has 1 fully saturated rings. The first-order valence-corrected chi connectivity index (χ1v) is 8.44. The molecule has 2 aromatic heterocycles. The lowest BCUT2D eigenvalue weighted by molar-refractivity contribution is -0.119. The number of aromatic nitrogens is 3. The zero-order valence-electron chi connectivity index (χ0n) is 12.2. The molecule has 0 saturated heterocycles. The van der Waals surface area contributed by atoms with E-state index in [2.05, 4.69) is 22.4 Å². The Balaban J connectivity index is 1.56. The molecule has 5 nitrogen and oxygen atoms in total. The summed E-state index contributed by atoms with van der Waals surface area (Å²) in [4.78, 5) is 12.1. The minimum Gasteiger partial charge on any atom is -0.352 e. The van der Waals surface area contributed by atoms with Gasteiger partial charge >= 0.3 is 0 Å². The van der Waals surface area contributed by atoms with Crippen LogP contribution < -0.4 is 5.32 Å². The Morgan fingerprint density at radius 1 is 1.38 bits per heavy atom. The van der Waals surface area contributed by atoms with Crippen LogP contribution in [0.4, 0.5) is 0 Å². The zero-order valence-corrected chi connectivity index (χ0v) is 13.0. The van der Waals surface area contributed by atoms with Crippen LogP contribution in [0.2, 0.25) is 0 Å². The Kier molecular flexibility index (Phi) is 4.43. The van der Waals surface area contributed by atoms with Gasteiger partial charge in [-0.1, -0.05) is 37.6 Å². The highest BCUT2D eigenvalue weighted by Gasteiger charge is 2.22. The summed E-state index contributed by atoms with van der Waals surface area (Å²) in [6.07, 6.45) is 6.74. The molecule has 0 bridgehead atoms. The molecule has 1 saturated carbocycles. The second-order valence-corrected chi connectivity index (χ2v) is 6.58. The summed E-state index contributed by atoms with van der Waals surface area (Å²) < 4.78 is 1.90. The highest BCUT2D eigenvalue weighted by atomic mass is 32.2. The Morgan fingerprint density at radius 3 is 3.10 bits per heavy atom. The van der Waals surface area contributed by atoms with E-state index in [0.29, 0.717) is 17.7 Å². The van der Waals surface area contributed by atoms with E-state index in [4.69, 9.17) is 0 Å². The van der Waals surface area contributed by atoms with Gasteiger partial charge in [-0.2, -0.15) is 0 Å². The molecule has 3 rings (SSSR count). The van der Waals surface area contributed by atoms with Crippen molar-refractivity contribution in [2.45, 2.75) is 43.8 Å². The topological polar surface area (TPSA) is 59.3 Å². The lowest BCUT2D eigenvalue weighted by atomic mass is 9.86. The zero-order chi connectivity index (χ0) is 14.7. The summed E-state index contributed by atoms with van der Waals surface area (Å²) >= 11 is 1.43. The summed E-state index contributed by atoms with van der Waals surface area (Å²) in [6.45, 7) is 2.23. The summed E-state index contributed by atoms with van der Waals surface area (Å²) in [6, 6.07) is 6.10. The predicted molar refractivity (Wildman–Crippen MR) is 83.3 cm³/mol. The van der Waals surface area contributed by atoms with E-state index >= 15 is 0 Å². The molecule has 6 heteroatoms. The quantitative estimate of drug-likeness (QED) is 0.882. The number of hydrogen-bond donors (Lipinski definition) is 1. The van der Waals surface area contributed by atoms with Crippen LogP contribution in [0.25, 0.3) is 5.65 Å². The molecule has 21 heavy (non-hydrogen) atoms. The third kappa shape index (κ3) is 3.37. The number of nitrogens with one attached hydrogen (secondary N) is 1. The number of carbonyl (C=O) groups excluding carboxylic acids is 1. The van der Waals surface area contributed by atoms with Crippen LogP contribution in [0.5, 0.6) is 0 Å². The van der Waals surface area contributed by atoms with Crippen LogP contribution in [0, 0.1) is 5.92 Å². The third-order valence-corrected chi connectivity index (χ3v) is 5.02. The number of amides is 1. The molecule has 2 aromatic rings. The maximum Gasteiger partial charge on any atom is 0.230 e. The molecule has 1 aliphatic rings. The van der Waals surface area contributed by atoms with Crippen LogP contribution in [0.3, 0.4) is 0 Å². The van der Waals surface area contributed by atoms with Gasteiger partial charge in [0.25, 0.3) is 0 Å². The van der Waals surface area contributed by atoms with Crippen molar-refractivity contribution in [1.29, 1.82) is 0 Å². The number of pyridine rings is 1. The Bertz CT molecular complexity index is 627. The van der Waals surface area contributed by atoms with E-state index in [9.17, 15) is 4.79 Å². The van der Waals surface area contributed by atoms with Crippen LogP contribution in [-0.4, -0.2) is 32.3 Å². The lowest BCUT2D eigenvalue weighted by Gasteiger charge is -2.29. The molecule has 1 amide bonds. The summed E-state index contributed by atoms with van der Waals surface area (Å²) in [7, 11) is 0. The van der Waals surface area contributed by atoms with Gasteiger partial charge in [0, 0.05) is 12.2 Å². The monoisotopic (exact) mass is 304 g/mol. The van der Waals surface area contributed by atoms with Crippen molar-refractivity contribution < 1.29 is 4.79 Å². The predicted octanol–water partition coefficient (Wildman–Crippen LogP) is 2.52. The number of nitrogens with zero attached hydrogens (tertiary/aromatic N) is 3. The van der Waals surface area contributed by atoms with Crippen molar-refractivity contribution >= 4 is 23.3 Å². The molecule has 0 aliphatic heterocycles. The Hall–Kier alpha value is -1.56. The Morgan fingerprint density at radius 2 is 2.24 bits per heavy atom. The normalized spacial score (nSPS) is 22.3. The van der Waals surface area contributed by atoms with Gasteiger partial charge in [0.05, 0.1) is 5.75 Å². The molecule has 112 valence electrons. The van der Waals surface area contributed by atoms with E-state index in [1.165, 1.54) is 31.0 Å². The molecular weight excluding hydrogens is 284 g/mol. The molecular formula is C15H20N4OS. The lowest BCUT2D eigenvalue weighted by Crippen LogP contribution is -2.41. The number of carbonyl (C=O) groups is 1. The Labute approximate surface area is 128 Å². The first-order chi connectivity index (χ1) is 10.2. The molecule has 0 unspecified atom stereocenters.